The number of hydrogen-bond donors (Lipinski definition) is 0. The van der Waals surface area contributed by atoms with Crippen LogP contribution >= 0.6 is 31.9 Å². The van der Waals surface area contributed by atoms with Crippen molar-refractivity contribution in [2.75, 3.05) is 0 Å². The first-order valence-corrected chi connectivity index (χ1v) is 5.29. The van der Waals surface area contributed by atoms with Crippen molar-refractivity contribution in [3.63, 3.8) is 0 Å². The minimum atomic E-state index is 0.332. The number of carbonyl (C=O) groups excluding carboxylic acids is 1. The zero-order chi connectivity index (χ0) is 9.68. The third-order valence-electron chi connectivity index (χ3n) is 1.46. The van der Waals surface area contributed by atoms with Gasteiger partial charge in [0, 0.05) is 15.4 Å². The van der Waals surface area contributed by atoms with Crippen molar-refractivity contribution in [3.05, 3.63) is 38.8 Å². The molecule has 1 rings (SSSR count). The lowest BCUT2D eigenvalue weighted by atomic mass is 10.2. The molecule has 3 heteroatoms. The van der Waals surface area contributed by atoms with Crippen molar-refractivity contribution in [1.29, 1.82) is 0 Å². The molecule has 0 saturated carbocycles. The molecule has 0 amide bonds. The summed E-state index contributed by atoms with van der Waals surface area (Å²) >= 11 is 6.79. The van der Waals surface area contributed by atoms with Crippen LogP contribution in [0.1, 0.15) is 12.0 Å². The third kappa shape index (κ3) is 3.44. The van der Waals surface area contributed by atoms with Gasteiger partial charge in [-0.25, -0.2) is 0 Å². The van der Waals surface area contributed by atoms with Crippen molar-refractivity contribution in [3.8, 4) is 0 Å². The zero-order valence-corrected chi connectivity index (χ0v) is 9.93. The maximum Gasteiger partial charge on any atom is 0.202 e. The molecule has 1 aromatic rings. The second-order valence-electron chi connectivity index (χ2n) is 2.42. The van der Waals surface area contributed by atoms with E-state index >= 15 is 0 Å². The average molecular weight is 303 g/mol. The standard InChI is InChI=1S/C10H7Br2O/c11-9-4-5-10(12)8(7-9)3-1-2-6-13/h1,3-5,7H,2H2. The molecular formula is C10H7Br2O. The Morgan fingerprint density at radius 2 is 2.15 bits per heavy atom. The highest BCUT2D eigenvalue weighted by atomic mass is 79.9. The lowest BCUT2D eigenvalue weighted by Gasteiger charge is -1.98. The molecule has 0 N–H and O–H groups in total. The molecule has 0 bridgehead atoms. The van der Waals surface area contributed by atoms with Crippen LogP contribution in [0.25, 0.3) is 6.08 Å². The number of benzene rings is 1. The van der Waals surface area contributed by atoms with E-state index in [0.717, 1.165) is 14.5 Å². The van der Waals surface area contributed by atoms with Crippen molar-refractivity contribution < 1.29 is 4.79 Å². The van der Waals surface area contributed by atoms with Crippen LogP contribution in [0.2, 0.25) is 0 Å². The van der Waals surface area contributed by atoms with E-state index in [0.29, 0.717) is 6.42 Å². The first-order chi connectivity index (χ1) is 6.24. The summed E-state index contributed by atoms with van der Waals surface area (Å²) in [7, 11) is 0. The number of halogens is 2. The predicted molar refractivity (Wildman–Crippen MR) is 61.2 cm³/mol. The Labute approximate surface area is 94.1 Å². The second kappa shape index (κ2) is 5.35. The van der Waals surface area contributed by atoms with Crippen molar-refractivity contribution in [2.24, 2.45) is 0 Å². The summed E-state index contributed by atoms with van der Waals surface area (Å²) in [6.07, 6.45) is 5.81. The minimum Gasteiger partial charge on any atom is -0.291 e. The van der Waals surface area contributed by atoms with Gasteiger partial charge in [-0.05, 0) is 23.8 Å². The summed E-state index contributed by atoms with van der Waals surface area (Å²) in [5.41, 5.74) is 1.05. The van der Waals surface area contributed by atoms with E-state index in [2.05, 4.69) is 31.9 Å². The molecule has 0 aliphatic heterocycles. The van der Waals surface area contributed by atoms with Crippen LogP contribution in [0.15, 0.2) is 33.2 Å². The largest absolute Gasteiger partial charge is 0.291 e. The van der Waals surface area contributed by atoms with Gasteiger partial charge in [0.25, 0.3) is 0 Å². The molecule has 0 aliphatic carbocycles. The van der Waals surface area contributed by atoms with Crippen molar-refractivity contribution in [2.45, 2.75) is 6.42 Å². The smallest absolute Gasteiger partial charge is 0.202 e. The van der Waals surface area contributed by atoms with Crippen LogP contribution in [0.3, 0.4) is 0 Å². The van der Waals surface area contributed by atoms with Crippen molar-refractivity contribution in [1.82, 2.24) is 0 Å². The van der Waals surface area contributed by atoms with Crippen LogP contribution in [-0.2, 0) is 4.79 Å². The minimum absolute atomic E-state index is 0.332. The topological polar surface area (TPSA) is 17.1 Å². The fourth-order valence-corrected chi connectivity index (χ4v) is 1.63. The van der Waals surface area contributed by atoms with Gasteiger partial charge in [0.15, 0.2) is 0 Å². The van der Waals surface area contributed by atoms with E-state index in [1.54, 1.807) is 6.08 Å². The molecule has 0 spiro atoms. The molecule has 0 unspecified atom stereocenters. The lowest BCUT2D eigenvalue weighted by molar-refractivity contribution is 0.556. The highest BCUT2D eigenvalue weighted by molar-refractivity contribution is 9.11. The molecule has 1 radical (unpaired) electrons. The van der Waals surface area contributed by atoms with Gasteiger partial charge in [-0.1, -0.05) is 44.0 Å². The Hall–Kier alpha value is -0.410. The molecule has 0 aliphatic rings. The first-order valence-electron chi connectivity index (χ1n) is 3.70. The second-order valence-corrected chi connectivity index (χ2v) is 4.19. The zero-order valence-electron chi connectivity index (χ0n) is 6.76. The first kappa shape index (κ1) is 10.7. The Balaban J connectivity index is 2.86. The molecule has 0 fully saturated rings. The van der Waals surface area contributed by atoms with E-state index < -0.39 is 0 Å². The Morgan fingerprint density at radius 1 is 1.38 bits per heavy atom. The molecular weight excluding hydrogens is 296 g/mol. The van der Waals surface area contributed by atoms with Crippen LogP contribution in [0.4, 0.5) is 0 Å². The quantitative estimate of drug-likeness (QED) is 0.831. The molecule has 0 saturated heterocycles. The average Bonchev–Trinajstić information content (AvgIpc) is 2.11. The Bertz CT molecular complexity index is 332. The summed E-state index contributed by atoms with van der Waals surface area (Å²) in [6, 6.07) is 5.88. The molecule has 0 atom stereocenters. The molecule has 13 heavy (non-hydrogen) atoms. The summed E-state index contributed by atoms with van der Waals surface area (Å²) in [5.74, 6) is 0. The van der Waals surface area contributed by atoms with Crippen LogP contribution in [0, 0.1) is 0 Å². The SMILES string of the molecule is O=[C]CC=Cc1cc(Br)ccc1Br. The van der Waals surface area contributed by atoms with E-state index in [9.17, 15) is 4.79 Å². The maximum atomic E-state index is 9.95. The van der Waals surface area contributed by atoms with E-state index in [-0.39, 0.29) is 0 Å². The van der Waals surface area contributed by atoms with E-state index in [1.165, 1.54) is 0 Å². The van der Waals surface area contributed by atoms with Crippen LogP contribution < -0.4 is 0 Å². The lowest BCUT2D eigenvalue weighted by Crippen LogP contribution is -1.76. The normalized spacial score (nSPS) is 10.6. The molecule has 0 heterocycles. The van der Waals surface area contributed by atoms with E-state index in [1.807, 2.05) is 30.6 Å². The highest BCUT2D eigenvalue weighted by Crippen LogP contribution is 2.22. The fraction of sp³-hybridized carbons (Fsp3) is 0.100. The van der Waals surface area contributed by atoms with Gasteiger partial charge in [-0.2, -0.15) is 0 Å². The monoisotopic (exact) mass is 301 g/mol. The molecule has 0 aromatic heterocycles. The van der Waals surface area contributed by atoms with Crippen molar-refractivity contribution >= 4 is 44.2 Å². The van der Waals surface area contributed by atoms with Gasteiger partial charge in [0.2, 0.25) is 6.29 Å². The number of allylic oxidation sites excluding steroid dienone is 1. The van der Waals surface area contributed by atoms with Gasteiger partial charge in [-0.15, -0.1) is 0 Å². The summed E-state index contributed by atoms with van der Waals surface area (Å²) in [4.78, 5) is 9.95. The highest BCUT2D eigenvalue weighted by Gasteiger charge is 1.95. The number of rotatable bonds is 3. The Morgan fingerprint density at radius 3 is 2.85 bits per heavy atom. The predicted octanol–water partition coefficient (Wildman–Crippen LogP) is 3.72. The van der Waals surface area contributed by atoms with Crippen LogP contribution in [-0.4, -0.2) is 6.29 Å². The van der Waals surface area contributed by atoms with Crippen LogP contribution in [0.5, 0.6) is 0 Å². The summed E-state index contributed by atoms with van der Waals surface area (Å²) < 4.78 is 2.03. The van der Waals surface area contributed by atoms with Gasteiger partial charge in [-0.3, -0.25) is 4.79 Å². The maximum absolute atomic E-state index is 9.95. The fourth-order valence-electron chi connectivity index (χ4n) is 0.876. The molecule has 1 aromatic carbocycles. The number of hydrogen-bond acceptors (Lipinski definition) is 1. The summed E-state index contributed by atoms with van der Waals surface area (Å²) in [5, 5.41) is 0. The Kier molecular flexibility index (Phi) is 4.39. The molecule has 1 nitrogen and oxygen atoms in total. The van der Waals surface area contributed by atoms with E-state index in [4.69, 9.17) is 0 Å². The van der Waals surface area contributed by atoms with Gasteiger partial charge in [0.1, 0.15) is 0 Å². The van der Waals surface area contributed by atoms with Gasteiger partial charge in [0.05, 0.1) is 0 Å². The summed E-state index contributed by atoms with van der Waals surface area (Å²) in [6.45, 7) is 0. The molecule has 67 valence electrons. The van der Waals surface area contributed by atoms with Gasteiger partial charge < -0.3 is 0 Å². The van der Waals surface area contributed by atoms with Gasteiger partial charge >= 0.3 is 0 Å². The third-order valence-corrected chi connectivity index (χ3v) is 2.67.